The van der Waals surface area contributed by atoms with Crippen molar-refractivity contribution in [1.82, 2.24) is 10.5 Å². The lowest BCUT2D eigenvalue weighted by molar-refractivity contribution is -0.117. The molecule has 0 aliphatic carbocycles. The zero-order valence-corrected chi connectivity index (χ0v) is 15.9. The van der Waals surface area contributed by atoms with Crippen LogP contribution in [-0.4, -0.2) is 28.1 Å². The number of carbonyl (C=O) groups is 2. The van der Waals surface area contributed by atoms with E-state index in [0.717, 1.165) is 22.3 Å². The second kappa shape index (κ2) is 8.39. The first kappa shape index (κ1) is 19.8. The molecule has 0 unspecified atom stereocenters. The average Bonchev–Trinajstić information content (AvgIpc) is 3.02. The topological polar surface area (TPSA) is 128 Å². The number of rotatable bonds is 5. The van der Waals surface area contributed by atoms with Gasteiger partial charge in [-0.15, -0.1) is 0 Å². The molecule has 3 rings (SSSR count). The first-order valence-corrected chi connectivity index (χ1v) is 8.84. The molecule has 0 radical (unpaired) electrons. The number of nitrogens with one attached hydrogen (secondary N) is 3. The van der Waals surface area contributed by atoms with Gasteiger partial charge in [0.25, 0.3) is 0 Å². The Balaban J connectivity index is 1.76. The predicted octanol–water partition coefficient (Wildman–Crippen LogP) is 4.06. The molecule has 1 aromatic heterocycles. The Kier molecular flexibility index (Phi) is 5.73. The Hall–Kier alpha value is -3.94. The Morgan fingerprint density at radius 3 is 2.14 bits per heavy atom. The molecule has 0 saturated heterocycles. The van der Waals surface area contributed by atoms with Crippen molar-refractivity contribution in [3.8, 4) is 22.4 Å². The maximum Gasteiger partial charge on any atom is 0.409 e. The van der Waals surface area contributed by atoms with Crippen LogP contribution in [0.2, 0.25) is 0 Å². The van der Waals surface area contributed by atoms with Gasteiger partial charge in [0.15, 0.2) is 5.76 Å². The number of hydrogen-bond donors (Lipinski definition) is 4. The van der Waals surface area contributed by atoms with E-state index in [9.17, 15) is 9.59 Å². The summed E-state index contributed by atoms with van der Waals surface area (Å²) >= 11 is 0. The number of nitrogens with zero attached hydrogens (tertiary/aromatic N) is 1. The monoisotopic (exact) mass is 392 g/mol. The zero-order chi connectivity index (χ0) is 21.0. The highest BCUT2D eigenvalue weighted by Crippen LogP contribution is 2.31. The standard InChI is InChI=1S/C21H20N4O4/c1-12-19(24-21(27)28)20(25-29-12)17-9-7-16(8-10-17)15-5-3-14(4-6-15)11-18(22)23-13(2)26/h3-10,24H,11H2,1-2H3,(H,27,28)(H2,22,23,26). The fourth-order valence-electron chi connectivity index (χ4n) is 2.92. The van der Waals surface area contributed by atoms with Crippen LogP contribution in [-0.2, 0) is 11.2 Å². The van der Waals surface area contributed by atoms with Crippen LogP contribution < -0.4 is 10.6 Å². The van der Waals surface area contributed by atoms with Crippen LogP contribution in [0.25, 0.3) is 22.4 Å². The summed E-state index contributed by atoms with van der Waals surface area (Å²) in [7, 11) is 0. The molecule has 0 spiro atoms. The van der Waals surface area contributed by atoms with Gasteiger partial charge in [-0.1, -0.05) is 53.7 Å². The highest BCUT2D eigenvalue weighted by atomic mass is 16.5. The maximum atomic E-state index is 11.0. The largest absolute Gasteiger partial charge is 0.465 e. The SMILES string of the molecule is CC(=O)NC(=N)Cc1ccc(-c2ccc(-c3noc(C)c3NC(=O)O)cc2)cc1. The van der Waals surface area contributed by atoms with Crippen molar-refractivity contribution in [2.45, 2.75) is 20.3 Å². The van der Waals surface area contributed by atoms with Crippen molar-refractivity contribution >= 4 is 23.5 Å². The van der Waals surface area contributed by atoms with E-state index in [1.54, 1.807) is 6.92 Å². The normalized spacial score (nSPS) is 10.4. The summed E-state index contributed by atoms with van der Waals surface area (Å²) < 4.78 is 5.12. The number of aromatic nitrogens is 1. The molecule has 0 bridgehead atoms. The van der Waals surface area contributed by atoms with Gasteiger partial charge in [-0.25, -0.2) is 4.79 Å². The third kappa shape index (κ3) is 4.86. The molecular formula is C21H20N4O4. The van der Waals surface area contributed by atoms with E-state index in [2.05, 4.69) is 15.8 Å². The second-order valence-electron chi connectivity index (χ2n) is 6.50. The molecular weight excluding hydrogens is 372 g/mol. The molecule has 4 N–H and O–H groups in total. The Morgan fingerprint density at radius 2 is 1.59 bits per heavy atom. The van der Waals surface area contributed by atoms with E-state index >= 15 is 0 Å². The van der Waals surface area contributed by atoms with Crippen molar-refractivity contribution in [3.63, 3.8) is 0 Å². The summed E-state index contributed by atoms with van der Waals surface area (Å²) in [4.78, 5) is 22.0. The number of amides is 2. The molecule has 8 nitrogen and oxygen atoms in total. The summed E-state index contributed by atoms with van der Waals surface area (Å²) in [6, 6.07) is 15.2. The lowest BCUT2D eigenvalue weighted by Crippen LogP contribution is -2.28. The van der Waals surface area contributed by atoms with E-state index in [1.165, 1.54) is 6.92 Å². The molecule has 0 saturated carbocycles. The van der Waals surface area contributed by atoms with Crippen molar-refractivity contribution in [2.24, 2.45) is 0 Å². The number of carbonyl (C=O) groups excluding carboxylic acids is 1. The molecule has 3 aromatic rings. The minimum Gasteiger partial charge on any atom is -0.465 e. The summed E-state index contributed by atoms with van der Waals surface area (Å²) in [5.41, 5.74) is 4.39. The maximum absolute atomic E-state index is 11.0. The smallest absolute Gasteiger partial charge is 0.409 e. The minimum absolute atomic E-state index is 0.156. The van der Waals surface area contributed by atoms with Crippen LogP contribution in [0.5, 0.6) is 0 Å². The van der Waals surface area contributed by atoms with Gasteiger partial charge in [0.05, 0.1) is 0 Å². The molecule has 1 heterocycles. The zero-order valence-electron chi connectivity index (χ0n) is 15.9. The van der Waals surface area contributed by atoms with Crippen molar-refractivity contribution in [3.05, 3.63) is 59.9 Å². The van der Waals surface area contributed by atoms with Crippen LogP contribution in [0.4, 0.5) is 10.5 Å². The fraction of sp³-hybridized carbons (Fsp3) is 0.143. The third-order valence-electron chi connectivity index (χ3n) is 4.25. The first-order chi connectivity index (χ1) is 13.8. The minimum atomic E-state index is -1.18. The van der Waals surface area contributed by atoms with Crippen molar-refractivity contribution < 1.29 is 19.2 Å². The van der Waals surface area contributed by atoms with Gasteiger partial charge < -0.3 is 14.9 Å². The van der Waals surface area contributed by atoms with Gasteiger partial charge in [-0.3, -0.25) is 15.5 Å². The lowest BCUT2D eigenvalue weighted by atomic mass is 10.0. The number of carboxylic acid groups (broad SMARTS) is 1. The summed E-state index contributed by atoms with van der Waals surface area (Å²) in [6.45, 7) is 3.02. The van der Waals surface area contributed by atoms with Gasteiger partial charge in [0, 0.05) is 18.9 Å². The van der Waals surface area contributed by atoms with Crippen LogP contribution in [0, 0.1) is 12.3 Å². The van der Waals surface area contributed by atoms with E-state index in [4.69, 9.17) is 15.0 Å². The van der Waals surface area contributed by atoms with Gasteiger partial charge >= 0.3 is 6.09 Å². The predicted molar refractivity (Wildman–Crippen MR) is 109 cm³/mol. The van der Waals surface area contributed by atoms with Crippen LogP contribution in [0.3, 0.4) is 0 Å². The first-order valence-electron chi connectivity index (χ1n) is 8.84. The molecule has 0 fully saturated rings. The fourth-order valence-corrected chi connectivity index (χ4v) is 2.92. The Labute approximate surface area is 167 Å². The molecule has 0 atom stereocenters. The summed E-state index contributed by atoms with van der Waals surface area (Å²) in [6.07, 6.45) is -0.829. The molecule has 148 valence electrons. The number of aryl methyl sites for hydroxylation is 1. The molecule has 2 aromatic carbocycles. The van der Waals surface area contributed by atoms with Gasteiger partial charge in [0.1, 0.15) is 17.2 Å². The van der Waals surface area contributed by atoms with E-state index in [0.29, 0.717) is 23.6 Å². The van der Waals surface area contributed by atoms with E-state index in [1.807, 2.05) is 48.5 Å². The highest BCUT2D eigenvalue weighted by Gasteiger charge is 2.16. The Morgan fingerprint density at radius 1 is 1.03 bits per heavy atom. The van der Waals surface area contributed by atoms with Crippen LogP contribution in [0.15, 0.2) is 53.1 Å². The van der Waals surface area contributed by atoms with Crippen molar-refractivity contribution in [2.75, 3.05) is 5.32 Å². The molecule has 29 heavy (non-hydrogen) atoms. The van der Waals surface area contributed by atoms with Crippen LogP contribution >= 0.6 is 0 Å². The van der Waals surface area contributed by atoms with Gasteiger partial charge in [-0.2, -0.15) is 0 Å². The molecule has 0 aliphatic rings. The Bertz CT molecular complexity index is 1050. The summed E-state index contributed by atoms with van der Waals surface area (Å²) in [5.74, 6) is 0.297. The van der Waals surface area contributed by atoms with Gasteiger partial charge in [-0.05, 0) is 23.6 Å². The highest BCUT2D eigenvalue weighted by molar-refractivity contribution is 5.96. The number of amidine groups is 1. The van der Waals surface area contributed by atoms with E-state index < -0.39 is 6.09 Å². The molecule has 0 aliphatic heterocycles. The van der Waals surface area contributed by atoms with Gasteiger partial charge in [0.2, 0.25) is 5.91 Å². The molecule has 8 heteroatoms. The third-order valence-corrected chi connectivity index (χ3v) is 4.25. The molecule has 2 amide bonds. The van der Waals surface area contributed by atoms with E-state index in [-0.39, 0.29) is 11.7 Å². The average molecular weight is 392 g/mol. The number of benzene rings is 2. The summed E-state index contributed by atoms with van der Waals surface area (Å²) in [5, 5.41) is 25.5. The number of anilines is 1. The van der Waals surface area contributed by atoms with Crippen molar-refractivity contribution in [1.29, 1.82) is 5.41 Å². The lowest BCUT2D eigenvalue weighted by Gasteiger charge is -2.07. The second-order valence-corrected chi connectivity index (χ2v) is 6.50. The van der Waals surface area contributed by atoms with Crippen LogP contribution in [0.1, 0.15) is 18.2 Å². The quantitative estimate of drug-likeness (QED) is 0.384. The number of hydrogen-bond acceptors (Lipinski definition) is 5.